The van der Waals surface area contributed by atoms with Gasteiger partial charge in [0.05, 0.1) is 22.6 Å². The van der Waals surface area contributed by atoms with E-state index in [1.165, 1.54) is 5.56 Å². The first-order valence-corrected chi connectivity index (χ1v) is 11.4. The van der Waals surface area contributed by atoms with Crippen LogP contribution < -0.4 is 10.2 Å². The van der Waals surface area contributed by atoms with Gasteiger partial charge in [-0.1, -0.05) is 24.3 Å². The third kappa shape index (κ3) is 4.24. The monoisotopic (exact) mass is 464 g/mol. The minimum absolute atomic E-state index is 0.205. The lowest BCUT2D eigenvalue weighted by Gasteiger charge is -2.40. The molecule has 1 atom stereocenters. The summed E-state index contributed by atoms with van der Waals surface area (Å²) in [6.45, 7) is 5.41. The molecule has 1 fully saturated rings. The molecule has 2 aromatic heterocycles. The largest absolute Gasteiger partial charge is 0.478 e. The molecule has 2 aromatic carbocycles. The number of hydrogen-bond acceptors (Lipinski definition) is 7. The molecule has 5 rings (SSSR count). The molecule has 8 nitrogen and oxygen atoms in total. The second-order valence-electron chi connectivity index (χ2n) is 8.83. The Bertz CT molecular complexity index is 1460. The zero-order valence-corrected chi connectivity index (χ0v) is 19.4. The average molecular weight is 465 g/mol. The maximum atomic E-state index is 11.7. The summed E-state index contributed by atoms with van der Waals surface area (Å²) in [6, 6.07) is 16.7. The van der Waals surface area contributed by atoms with Crippen molar-refractivity contribution in [1.29, 1.82) is 5.26 Å². The van der Waals surface area contributed by atoms with E-state index in [0.29, 0.717) is 34.2 Å². The standard InChI is InChI=1S/C27H24N6O2/c1-16-10-21(17(2)30-22-8-4-3-7-20(22)27(34)35)25-23(11-16)31-24(12-28)26(32-25)33-14-19(15-33)18-6-5-9-29-13-18/h3-11,13,17,19,30H,14-15H2,1-2H3,(H,34,35)/t17-/m1/s1. The molecule has 2 N–H and O–H groups in total. The van der Waals surface area contributed by atoms with Crippen LogP contribution in [0.2, 0.25) is 0 Å². The van der Waals surface area contributed by atoms with Crippen molar-refractivity contribution in [3.05, 3.63) is 88.9 Å². The van der Waals surface area contributed by atoms with Gasteiger partial charge < -0.3 is 15.3 Å². The summed E-state index contributed by atoms with van der Waals surface area (Å²) in [4.78, 5) is 27.5. The van der Waals surface area contributed by atoms with Gasteiger partial charge in [-0.3, -0.25) is 4.98 Å². The molecule has 0 aliphatic carbocycles. The van der Waals surface area contributed by atoms with Crippen LogP contribution in [0.4, 0.5) is 11.5 Å². The number of carboxylic acids is 1. The molecular weight excluding hydrogens is 440 g/mol. The zero-order valence-electron chi connectivity index (χ0n) is 19.4. The first-order valence-electron chi connectivity index (χ1n) is 11.4. The van der Waals surface area contributed by atoms with Gasteiger partial charge in [0.2, 0.25) is 0 Å². The van der Waals surface area contributed by atoms with Gasteiger partial charge in [0.15, 0.2) is 11.5 Å². The Kier molecular flexibility index (Phi) is 5.75. The molecule has 0 amide bonds. The maximum absolute atomic E-state index is 11.7. The van der Waals surface area contributed by atoms with Crippen molar-refractivity contribution < 1.29 is 9.90 Å². The van der Waals surface area contributed by atoms with Crippen molar-refractivity contribution in [3.8, 4) is 6.07 Å². The Morgan fingerprint density at radius 3 is 2.71 bits per heavy atom. The third-order valence-corrected chi connectivity index (χ3v) is 6.36. The lowest BCUT2D eigenvalue weighted by molar-refractivity contribution is 0.0698. The predicted octanol–water partition coefficient (Wildman–Crippen LogP) is 4.68. The Balaban J connectivity index is 1.51. The number of rotatable bonds is 6. The van der Waals surface area contributed by atoms with Gasteiger partial charge in [-0.05, 0) is 49.2 Å². The number of benzene rings is 2. The van der Waals surface area contributed by atoms with Crippen LogP contribution in [-0.2, 0) is 0 Å². The number of carbonyl (C=O) groups is 1. The second-order valence-corrected chi connectivity index (χ2v) is 8.83. The lowest BCUT2D eigenvalue weighted by atomic mass is 9.92. The fourth-order valence-electron chi connectivity index (χ4n) is 4.54. The van der Waals surface area contributed by atoms with E-state index in [-0.39, 0.29) is 11.6 Å². The van der Waals surface area contributed by atoms with Crippen LogP contribution in [0.25, 0.3) is 11.0 Å². The number of pyridine rings is 1. The highest BCUT2D eigenvalue weighted by atomic mass is 16.4. The van der Waals surface area contributed by atoms with Gasteiger partial charge in [0.1, 0.15) is 6.07 Å². The van der Waals surface area contributed by atoms with Crippen LogP contribution in [0.15, 0.2) is 60.9 Å². The third-order valence-electron chi connectivity index (χ3n) is 6.36. The molecule has 0 unspecified atom stereocenters. The Labute approximate surface area is 202 Å². The van der Waals surface area contributed by atoms with E-state index < -0.39 is 5.97 Å². The molecule has 0 bridgehead atoms. The molecule has 0 spiro atoms. The SMILES string of the molecule is Cc1cc([C@@H](C)Nc2ccccc2C(=O)O)c2nc(N3CC(c4cccnc4)C3)c(C#N)nc2c1. The fraction of sp³-hybridized carbons (Fsp3) is 0.222. The van der Waals surface area contributed by atoms with Crippen LogP contribution in [0.3, 0.4) is 0 Å². The Morgan fingerprint density at radius 2 is 2.00 bits per heavy atom. The van der Waals surface area contributed by atoms with Crippen molar-refractivity contribution in [1.82, 2.24) is 15.0 Å². The van der Waals surface area contributed by atoms with Crippen LogP contribution >= 0.6 is 0 Å². The quantitative estimate of drug-likeness (QED) is 0.423. The number of carboxylic acid groups (broad SMARTS) is 1. The van der Waals surface area contributed by atoms with E-state index in [1.54, 1.807) is 30.5 Å². The van der Waals surface area contributed by atoms with Crippen molar-refractivity contribution >= 4 is 28.5 Å². The van der Waals surface area contributed by atoms with Crippen LogP contribution in [0.1, 0.15) is 51.6 Å². The van der Waals surface area contributed by atoms with Crippen molar-refractivity contribution in [2.75, 3.05) is 23.3 Å². The van der Waals surface area contributed by atoms with E-state index in [1.807, 2.05) is 38.2 Å². The average Bonchev–Trinajstić information content (AvgIpc) is 2.83. The Hall–Kier alpha value is -4.51. The summed E-state index contributed by atoms with van der Waals surface area (Å²) in [5, 5.41) is 22.7. The van der Waals surface area contributed by atoms with Crippen molar-refractivity contribution in [2.24, 2.45) is 0 Å². The number of anilines is 2. The number of fused-ring (bicyclic) bond motifs is 1. The highest BCUT2D eigenvalue weighted by Crippen LogP contribution is 2.34. The number of para-hydroxylation sites is 1. The number of hydrogen-bond donors (Lipinski definition) is 2. The normalized spacial score (nSPS) is 14.3. The summed E-state index contributed by atoms with van der Waals surface area (Å²) >= 11 is 0. The van der Waals surface area contributed by atoms with E-state index in [2.05, 4.69) is 32.3 Å². The van der Waals surface area contributed by atoms with E-state index in [4.69, 9.17) is 4.98 Å². The van der Waals surface area contributed by atoms with Crippen LogP contribution in [-0.4, -0.2) is 39.1 Å². The first-order chi connectivity index (χ1) is 16.9. The summed E-state index contributed by atoms with van der Waals surface area (Å²) in [7, 11) is 0. The highest BCUT2D eigenvalue weighted by molar-refractivity contribution is 5.94. The van der Waals surface area contributed by atoms with Gasteiger partial charge in [-0.15, -0.1) is 0 Å². The van der Waals surface area contributed by atoms with Crippen LogP contribution in [0.5, 0.6) is 0 Å². The number of aromatic nitrogens is 3. The van der Waals surface area contributed by atoms with E-state index >= 15 is 0 Å². The van der Waals surface area contributed by atoms with Crippen LogP contribution in [0, 0.1) is 18.3 Å². The highest BCUT2D eigenvalue weighted by Gasteiger charge is 2.32. The molecule has 8 heteroatoms. The molecule has 1 saturated heterocycles. The number of nitriles is 1. The molecule has 4 aromatic rings. The predicted molar refractivity (Wildman–Crippen MR) is 134 cm³/mol. The smallest absolute Gasteiger partial charge is 0.337 e. The molecule has 1 aliphatic rings. The number of aryl methyl sites for hydroxylation is 1. The Morgan fingerprint density at radius 1 is 1.20 bits per heavy atom. The van der Waals surface area contributed by atoms with Gasteiger partial charge in [-0.2, -0.15) is 5.26 Å². The maximum Gasteiger partial charge on any atom is 0.337 e. The second kappa shape index (κ2) is 9.03. The van der Waals surface area contributed by atoms with E-state index in [9.17, 15) is 15.2 Å². The first kappa shape index (κ1) is 22.3. The molecule has 35 heavy (non-hydrogen) atoms. The van der Waals surface area contributed by atoms with Gasteiger partial charge in [0, 0.05) is 42.7 Å². The summed E-state index contributed by atoms with van der Waals surface area (Å²) in [5.41, 5.74) is 5.43. The van der Waals surface area contributed by atoms with Gasteiger partial charge in [0.25, 0.3) is 0 Å². The molecule has 0 radical (unpaired) electrons. The number of nitrogens with zero attached hydrogens (tertiary/aromatic N) is 5. The van der Waals surface area contributed by atoms with Crippen molar-refractivity contribution in [2.45, 2.75) is 25.8 Å². The summed E-state index contributed by atoms with van der Waals surface area (Å²) in [6.07, 6.45) is 3.64. The molecular formula is C27H24N6O2. The molecule has 3 heterocycles. The molecule has 174 valence electrons. The minimum atomic E-state index is -0.990. The topological polar surface area (TPSA) is 115 Å². The summed E-state index contributed by atoms with van der Waals surface area (Å²) < 4.78 is 0. The number of aromatic carboxylic acids is 1. The molecule has 0 saturated carbocycles. The fourth-order valence-corrected chi connectivity index (χ4v) is 4.54. The molecule has 1 aliphatic heterocycles. The summed E-state index contributed by atoms with van der Waals surface area (Å²) in [5.74, 6) is -0.0854. The van der Waals surface area contributed by atoms with Gasteiger partial charge >= 0.3 is 5.97 Å². The minimum Gasteiger partial charge on any atom is -0.478 e. The van der Waals surface area contributed by atoms with Gasteiger partial charge in [-0.25, -0.2) is 14.8 Å². The van der Waals surface area contributed by atoms with E-state index in [0.717, 1.165) is 24.2 Å². The zero-order chi connectivity index (χ0) is 24.5. The lowest BCUT2D eigenvalue weighted by Crippen LogP contribution is -2.46. The number of nitrogens with one attached hydrogen (secondary N) is 1. The van der Waals surface area contributed by atoms with Crippen molar-refractivity contribution in [3.63, 3.8) is 0 Å².